The summed E-state index contributed by atoms with van der Waals surface area (Å²) in [5.74, 6) is -0.0887. The normalized spacial score (nSPS) is 11.0. The van der Waals surface area contributed by atoms with E-state index in [4.69, 9.17) is 21.1 Å². The van der Waals surface area contributed by atoms with Gasteiger partial charge in [0.05, 0.1) is 11.6 Å². The lowest BCUT2D eigenvalue weighted by atomic mass is 10.1. The van der Waals surface area contributed by atoms with Gasteiger partial charge < -0.3 is 9.47 Å². The highest BCUT2D eigenvalue weighted by Crippen LogP contribution is 2.18. The first kappa shape index (κ1) is 12.8. The van der Waals surface area contributed by atoms with E-state index in [1.165, 1.54) is 6.20 Å². The number of halogens is 1. The van der Waals surface area contributed by atoms with Gasteiger partial charge in [-0.15, -0.1) is 0 Å². The Morgan fingerprint density at radius 3 is 2.69 bits per heavy atom. The molecule has 88 valence electrons. The lowest BCUT2D eigenvalue weighted by molar-refractivity contribution is -0.158. The number of esters is 1. The minimum atomic E-state index is -1.06. The second-order valence-corrected chi connectivity index (χ2v) is 4.08. The zero-order valence-electron chi connectivity index (χ0n) is 9.49. The summed E-state index contributed by atoms with van der Waals surface area (Å²) in [7, 11) is 0. The van der Waals surface area contributed by atoms with E-state index in [1.807, 2.05) is 0 Å². The molecule has 0 amide bonds. The Labute approximate surface area is 99.5 Å². The summed E-state index contributed by atoms with van der Waals surface area (Å²) < 4.78 is 10.3. The lowest BCUT2D eigenvalue weighted by Crippen LogP contribution is -2.39. The average Bonchev–Trinajstić information content (AvgIpc) is 2.21. The third-order valence-electron chi connectivity index (χ3n) is 1.83. The summed E-state index contributed by atoms with van der Waals surface area (Å²) in [4.78, 5) is 15.5. The summed E-state index contributed by atoms with van der Waals surface area (Å²) in [6, 6.07) is 3.24. The average molecular weight is 244 g/mol. The second kappa shape index (κ2) is 5.16. The Hall–Kier alpha value is -1.29. The van der Waals surface area contributed by atoms with Crippen LogP contribution in [0.5, 0.6) is 5.88 Å². The number of pyridine rings is 1. The van der Waals surface area contributed by atoms with Crippen LogP contribution in [-0.2, 0) is 9.53 Å². The fraction of sp³-hybridized carbons (Fsp3) is 0.455. The number of carbonyl (C=O) groups is 1. The van der Waals surface area contributed by atoms with Gasteiger partial charge in [-0.05, 0) is 26.8 Å². The molecule has 1 aromatic heterocycles. The maximum atomic E-state index is 11.5. The van der Waals surface area contributed by atoms with Crippen molar-refractivity contribution in [3.8, 4) is 5.88 Å². The minimum absolute atomic E-state index is 0.319. The van der Waals surface area contributed by atoms with Crippen molar-refractivity contribution in [1.29, 1.82) is 0 Å². The molecule has 0 spiro atoms. The fourth-order valence-corrected chi connectivity index (χ4v) is 1.14. The molecule has 0 saturated carbocycles. The molecule has 5 heteroatoms. The van der Waals surface area contributed by atoms with Crippen LogP contribution in [0.1, 0.15) is 20.8 Å². The Morgan fingerprint density at radius 2 is 2.19 bits per heavy atom. The first-order valence-corrected chi connectivity index (χ1v) is 5.31. The zero-order valence-corrected chi connectivity index (χ0v) is 10.2. The molecule has 0 aliphatic heterocycles. The van der Waals surface area contributed by atoms with Crippen LogP contribution in [-0.4, -0.2) is 23.2 Å². The van der Waals surface area contributed by atoms with E-state index in [2.05, 4.69) is 4.98 Å². The molecule has 0 radical (unpaired) electrons. The van der Waals surface area contributed by atoms with Gasteiger partial charge in [0.1, 0.15) is 0 Å². The lowest BCUT2D eigenvalue weighted by Gasteiger charge is -2.23. The van der Waals surface area contributed by atoms with Gasteiger partial charge >= 0.3 is 5.97 Å². The maximum absolute atomic E-state index is 11.5. The predicted octanol–water partition coefficient (Wildman–Crippen LogP) is 2.46. The van der Waals surface area contributed by atoms with Crippen LogP contribution in [0, 0.1) is 0 Å². The Morgan fingerprint density at radius 1 is 1.50 bits per heavy atom. The number of carbonyl (C=O) groups excluding carboxylic acids is 1. The molecule has 0 aliphatic carbocycles. The molecule has 0 saturated heterocycles. The zero-order chi connectivity index (χ0) is 12.2. The summed E-state index contributed by atoms with van der Waals surface area (Å²) in [5, 5.41) is 0.515. The molecule has 0 aliphatic rings. The first-order chi connectivity index (χ1) is 7.45. The molecule has 1 heterocycles. The number of hydrogen-bond acceptors (Lipinski definition) is 4. The second-order valence-electron chi connectivity index (χ2n) is 3.65. The van der Waals surface area contributed by atoms with Crippen molar-refractivity contribution in [1.82, 2.24) is 4.98 Å². The number of ether oxygens (including phenoxy) is 2. The standard InChI is InChI=1S/C11H14ClNO3/c1-4-15-10(14)11(2,3)16-9-6-5-8(12)7-13-9/h5-7H,4H2,1-3H3. The molecule has 0 unspecified atom stereocenters. The van der Waals surface area contributed by atoms with Crippen molar-refractivity contribution in [3.63, 3.8) is 0 Å². The van der Waals surface area contributed by atoms with Crippen molar-refractivity contribution in [3.05, 3.63) is 23.4 Å². The van der Waals surface area contributed by atoms with Crippen LogP contribution in [0.2, 0.25) is 5.02 Å². The van der Waals surface area contributed by atoms with E-state index in [9.17, 15) is 4.79 Å². The molecule has 0 bridgehead atoms. The van der Waals surface area contributed by atoms with Crippen LogP contribution in [0.15, 0.2) is 18.3 Å². The molecule has 0 fully saturated rings. The molecule has 4 nitrogen and oxygen atoms in total. The molecular weight excluding hydrogens is 230 g/mol. The molecule has 1 aromatic rings. The first-order valence-electron chi connectivity index (χ1n) is 4.93. The number of hydrogen-bond donors (Lipinski definition) is 0. The van der Waals surface area contributed by atoms with Crippen LogP contribution < -0.4 is 4.74 Å². The number of aromatic nitrogens is 1. The van der Waals surface area contributed by atoms with Gasteiger partial charge in [-0.25, -0.2) is 9.78 Å². The van der Waals surface area contributed by atoms with E-state index in [-0.39, 0.29) is 0 Å². The van der Waals surface area contributed by atoms with E-state index in [1.54, 1.807) is 32.9 Å². The third kappa shape index (κ3) is 3.38. The number of nitrogens with zero attached hydrogens (tertiary/aromatic N) is 1. The molecule has 1 rings (SSSR count). The van der Waals surface area contributed by atoms with Crippen LogP contribution >= 0.6 is 11.6 Å². The van der Waals surface area contributed by atoms with Crippen molar-refractivity contribution in [2.24, 2.45) is 0 Å². The molecule has 0 atom stereocenters. The van der Waals surface area contributed by atoms with E-state index in [0.29, 0.717) is 17.5 Å². The smallest absolute Gasteiger partial charge is 0.349 e. The van der Waals surface area contributed by atoms with E-state index >= 15 is 0 Å². The Balaban J connectivity index is 2.72. The van der Waals surface area contributed by atoms with Gasteiger partial charge in [-0.2, -0.15) is 0 Å². The number of rotatable bonds is 4. The summed E-state index contributed by atoms with van der Waals surface area (Å²) in [5.41, 5.74) is -1.06. The van der Waals surface area contributed by atoms with Crippen molar-refractivity contribution in [2.75, 3.05) is 6.61 Å². The Bertz CT molecular complexity index is 362. The van der Waals surface area contributed by atoms with Gasteiger partial charge in [0, 0.05) is 12.3 Å². The maximum Gasteiger partial charge on any atom is 0.349 e. The van der Waals surface area contributed by atoms with Gasteiger partial charge in [-0.1, -0.05) is 11.6 Å². The topological polar surface area (TPSA) is 48.4 Å². The highest BCUT2D eigenvalue weighted by Gasteiger charge is 2.31. The van der Waals surface area contributed by atoms with Crippen molar-refractivity contribution >= 4 is 17.6 Å². The van der Waals surface area contributed by atoms with E-state index in [0.717, 1.165) is 0 Å². The van der Waals surface area contributed by atoms with Crippen LogP contribution in [0.3, 0.4) is 0 Å². The summed E-state index contributed by atoms with van der Waals surface area (Å²) in [6.45, 7) is 5.32. The van der Waals surface area contributed by atoms with E-state index < -0.39 is 11.6 Å². The van der Waals surface area contributed by atoms with Gasteiger partial charge in [0.2, 0.25) is 11.5 Å². The molecular formula is C11H14ClNO3. The third-order valence-corrected chi connectivity index (χ3v) is 2.05. The predicted molar refractivity (Wildman–Crippen MR) is 60.6 cm³/mol. The quantitative estimate of drug-likeness (QED) is 0.763. The van der Waals surface area contributed by atoms with Crippen molar-refractivity contribution in [2.45, 2.75) is 26.4 Å². The molecule has 0 aromatic carbocycles. The molecule has 0 N–H and O–H groups in total. The van der Waals surface area contributed by atoms with Crippen LogP contribution in [0.4, 0.5) is 0 Å². The summed E-state index contributed by atoms with van der Waals surface area (Å²) >= 11 is 5.69. The highest BCUT2D eigenvalue weighted by atomic mass is 35.5. The van der Waals surface area contributed by atoms with Gasteiger partial charge in [0.25, 0.3) is 0 Å². The van der Waals surface area contributed by atoms with Crippen LogP contribution in [0.25, 0.3) is 0 Å². The van der Waals surface area contributed by atoms with Gasteiger partial charge in [0.15, 0.2) is 0 Å². The summed E-state index contributed by atoms with van der Waals surface area (Å²) in [6.07, 6.45) is 1.46. The van der Waals surface area contributed by atoms with Gasteiger partial charge in [-0.3, -0.25) is 0 Å². The minimum Gasteiger partial charge on any atom is -0.463 e. The molecule has 16 heavy (non-hydrogen) atoms. The Kier molecular flexibility index (Phi) is 4.12. The monoisotopic (exact) mass is 243 g/mol. The highest BCUT2D eigenvalue weighted by molar-refractivity contribution is 6.30. The SMILES string of the molecule is CCOC(=O)C(C)(C)Oc1ccc(Cl)cn1. The fourth-order valence-electron chi connectivity index (χ4n) is 1.03. The van der Waals surface area contributed by atoms with Crippen molar-refractivity contribution < 1.29 is 14.3 Å². The largest absolute Gasteiger partial charge is 0.463 e.